The van der Waals surface area contributed by atoms with Crippen molar-refractivity contribution in [2.45, 2.75) is 0 Å². The van der Waals surface area contributed by atoms with E-state index in [0.29, 0.717) is 30.7 Å². The van der Waals surface area contributed by atoms with Crippen molar-refractivity contribution in [3.05, 3.63) is 49.9 Å². The Bertz CT molecular complexity index is 748. The predicted octanol–water partition coefficient (Wildman–Crippen LogP) is 5.46. The molecule has 106 valence electrons. The first-order valence-electron chi connectivity index (χ1n) is 5.52. The van der Waals surface area contributed by atoms with E-state index in [-0.39, 0.29) is 5.75 Å². The van der Waals surface area contributed by atoms with Crippen LogP contribution in [0.2, 0.25) is 5.02 Å². The highest BCUT2D eigenvalue weighted by Gasteiger charge is 2.17. The summed E-state index contributed by atoms with van der Waals surface area (Å²) < 4.78 is 6.01. The van der Waals surface area contributed by atoms with Crippen LogP contribution in [0.4, 0.5) is 4.79 Å². The molecule has 0 atom stereocenters. The van der Waals surface area contributed by atoms with Crippen LogP contribution in [-0.2, 0) is 0 Å². The van der Waals surface area contributed by atoms with Crippen molar-refractivity contribution in [1.29, 1.82) is 5.26 Å². The molecule has 0 heterocycles. The van der Waals surface area contributed by atoms with E-state index in [4.69, 9.17) is 26.7 Å². The molecular weight excluding hydrogens is 425 g/mol. The fraction of sp³-hybridized carbons (Fsp3) is 0. The molecular formula is C14H6Br2ClNO3. The summed E-state index contributed by atoms with van der Waals surface area (Å²) in [6.07, 6.45) is -1.42. The largest absolute Gasteiger partial charge is 0.511 e. The summed E-state index contributed by atoms with van der Waals surface area (Å²) in [6, 6.07) is 9.90. The second-order valence-electron chi connectivity index (χ2n) is 3.94. The number of benzene rings is 2. The summed E-state index contributed by atoms with van der Waals surface area (Å²) in [6.45, 7) is 0. The Kier molecular flexibility index (Phi) is 4.88. The topological polar surface area (TPSA) is 70.3 Å². The Morgan fingerprint density at radius 3 is 2.38 bits per heavy atom. The maximum absolute atomic E-state index is 10.8. The molecule has 0 amide bonds. The zero-order valence-corrected chi connectivity index (χ0v) is 14.2. The van der Waals surface area contributed by atoms with Gasteiger partial charge in [-0.1, -0.05) is 43.5 Å². The fourth-order valence-corrected chi connectivity index (χ4v) is 3.56. The van der Waals surface area contributed by atoms with Gasteiger partial charge in [0.1, 0.15) is 5.75 Å². The van der Waals surface area contributed by atoms with Crippen molar-refractivity contribution in [2.24, 2.45) is 0 Å². The molecule has 0 aliphatic rings. The third-order valence-corrected chi connectivity index (χ3v) is 4.07. The van der Waals surface area contributed by atoms with E-state index in [0.717, 1.165) is 0 Å². The Morgan fingerprint density at radius 2 is 1.86 bits per heavy atom. The van der Waals surface area contributed by atoms with Crippen molar-refractivity contribution in [3.8, 4) is 22.9 Å². The molecule has 0 radical (unpaired) electrons. The lowest BCUT2D eigenvalue weighted by atomic mass is 10.0. The van der Waals surface area contributed by atoms with Crippen molar-refractivity contribution < 1.29 is 14.6 Å². The van der Waals surface area contributed by atoms with Crippen LogP contribution in [0.1, 0.15) is 5.56 Å². The van der Waals surface area contributed by atoms with E-state index in [9.17, 15) is 4.79 Å². The number of halogens is 3. The molecule has 7 heteroatoms. The average molecular weight is 431 g/mol. The first-order valence-corrected chi connectivity index (χ1v) is 7.48. The molecule has 2 aromatic rings. The van der Waals surface area contributed by atoms with Gasteiger partial charge < -0.3 is 9.84 Å². The molecule has 0 aliphatic carbocycles. The van der Waals surface area contributed by atoms with Crippen LogP contribution in [-0.4, -0.2) is 11.3 Å². The lowest BCUT2D eigenvalue weighted by Crippen LogP contribution is -2.04. The first-order chi connectivity index (χ1) is 9.92. The number of ether oxygens (including phenoxy) is 1. The maximum atomic E-state index is 10.8. The average Bonchev–Trinajstić information content (AvgIpc) is 2.40. The number of nitrogens with zero attached hydrogens (tertiary/aromatic N) is 1. The lowest BCUT2D eigenvalue weighted by molar-refractivity contribution is 0.144. The van der Waals surface area contributed by atoms with Gasteiger partial charge in [-0.3, -0.25) is 0 Å². The van der Waals surface area contributed by atoms with E-state index < -0.39 is 6.16 Å². The molecule has 0 fully saturated rings. The van der Waals surface area contributed by atoms with Gasteiger partial charge in [0.15, 0.2) is 0 Å². The first kappa shape index (κ1) is 15.8. The smallest absolute Gasteiger partial charge is 0.449 e. The third kappa shape index (κ3) is 3.56. The quantitative estimate of drug-likeness (QED) is 0.506. The highest BCUT2D eigenvalue weighted by atomic mass is 79.9. The van der Waals surface area contributed by atoms with Gasteiger partial charge in [-0.05, 0) is 30.3 Å². The number of carbonyl (C=O) groups is 1. The molecule has 0 saturated heterocycles. The highest BCUT2D eigenvalue weighted by molar-refractivity contribution is 9.11. The molecule has 0 aliphatic heterocycles. The lowest BCUT2D eigenvalue weighted by Gasteiger charge is -2.13. The van der Waals surface area contributed by atoms with E-state index in [1.807, 2.05) is 6.07 Å². The van der Waals surface area contributed by atoms with E-state index in [1.54, 1.807) is 18.2 Å². The number of hydrogen-bond acceptors (Lipinski definition) is 3. The number of carboxylic acid groups (broad SMARTS) is 1. The van der Waals surface area contributed by atoms with Crippen LogP contribution in [0.15, 0.2) is 39.3 Å². The van der Waals surface area contributed by atoms with Gasteiger partial charge in [0.2, 0.25) is 0 Å². The van der Waals surface area contributed by atoms with E-state index in [2.05, 4.69) is 31.9 Å². The van der Waals surface area contributed by atoms with Crippen molar-refractivity contribution in [2.75, 3.05) is 0 Å². The second-order valence-corrected chi connectivity index (χ2v) is 6.08. The number of hydrogen-bond donors (Lipinski definition) is 1. The molecule has 0 bridgehead atoms. The van der Waals surface area contributed by atoms with Gasteiger partial charge in [0.25, 0.3) is 0 Å². The van der Waals surface area contributed by atoms with Gasteiger partial charge in [-0.25, -0.2) is 4.79 Å². The molecule has 0 aromatic heterocycles. The minimum absolute atomic E-state index is 0.151. The molecule has 21 heavy (non-hydrogen) atoms. The van der Waals surface area contributed by atoms with Crippen molar-refractivity contribution in [3.63, 3.8) is 0 Å². The van der Waals surface area contributed by atoms with Crippen LogP contribution < -0.4 is 4.74 Å². The summed E-state index contributed by atoms with van der Waals surface area (Å²) in [5.41, 5.74) is 1.60. The molecule has 0 saturated carbocycles. The third-order valence-electron chi connectivity index (χ3n) is 2.58. The zero-order valence-electron chi connectivity index (χ0n) is 10.2. The zero-order chi connectivity index (χ0) is 15.6. The Hall–Kier alpha value is -1.55. The van der Waals surface area contributed by atoms with Crippen LogP contribution >= 0.6 is 43.5 Å². The summed E-state index contributed by atoms with van der Waals surface area (Å²) in [5, 5.41) is 18.2. The summed E-state index contributed by atoms with van der Waals surface area (Å²) in [7, 11) is 0. The molecule has 2 aromatic carbocycles. The fourth-order valence-electron chi connectivity index (χ4n) is 1.78. The highest BCUT2D eigenvalue weighted by Crippen LogP contribution is 2.41. The maximum Gasteiger partial charge on any atom is 0.511 e. The van der Waals surface area contributed by atoms with Gasteiger partial charge in [0.05, 0.1) is 11.6 Å². The molecule has 0 unspecified atom stereocenters. The minimum Gasteiger partial charge on any atom is -0.449 e. The van der Waals surface area contributed by atoms with E-state index >= 15 is 0 Å². The number of rotatable bonds is 2. The SMILES string of the molecule is N#Cc1cc(Br)c(-c2cc(Cl)ccc2OC(=O)O)c(Br)c1. The Morgan fingerprint density at radius 1 is 1.24 bits per heavy atom. The van der Waals surface area contributed by atoms with Crippen LogP contribution in [0.3, 0.4) is 0 Å². The predicted molar refractivity (Wildman–Crippen MR) is 85.7 cm³/mol. The van der Waals surface area contributed by atoms with Gasteiger partial charge >= 0.3 is 6.16 Å². The van der Waals surface area contributed by atoms with Crippen LogP contribution in [0.25, 0.3) is 11.1 Å². The molecule has 2 rings (SSSR count). The van der Waals surface area contributed by atoms with Crippen LogP contribution in [0.5, 0.6) is 5.75 Å². The monoisotopic (exact) mass is 429 g/mol. The van der Waals surface area contributed by atoms with Gasteiger partial charge in [-0.2, -0.15) is 5.26 Å². The Labute approximate surface area is 142 Å². The summed E-state index contributed by atoms with van der Waals surface area (Å²) >= 11 is 12.7. The molecule has 0 spiro atoms. The van der Waals surface area contributed by atoms with Gasteiger partial charge in [0, 0.05) is 25.1 Å². The molecule has 4 nitrogen and oxygen atoms in total. The van der Waals surface area contributed by atoms with E-state index in [1.165, 1.54) is 12.1 Å². The standard InChI is InChI=1S/C14H6Br2ClNO3/c15-10-3-7(6-18)4-11(16)13(10)9-5-8(17)1-2-12(9)21-14(19)20/h1-5H,(H,19,20). The second kappa shape index (κ2) is 6.48. The number of nitriles is 1. The minimum atomic E-state index is -1.42. The van der Waals surface area contributed by atoms with Crippen molar-refractivity contribution in [1.82, 2.24) is 0 Å². The summed E-state index contributed by atoms with van der Waals surface area (Å²) in [4.78, 5) is 10.8. The Balaban J connectivity index is 2.69. The summed E-state index contributed by atoms with van der Waals surface area (Å²) in [5.74, 6) is 0.151. The molecule has 1 N–H and O–H groups in total. The van der Waals surface area contributed by atoms with Gasteiger partial charge in [-0.15, -0.1) is 0 Å². The van der Waals surface area contributed by atoms with Crippen LogP contribution in [0, 0.1) is 11.3 Å². The normalized spacial score (nSPS) is 10.0. The van der Waals surface area contributed by atoms with Crippen molar-refractivity contribution >= 4 is 49.6 Å².